The van der Waals surface area contributed by atoms with E-state index in [1.54, 1.807) is 60.1 Å². The van der Waals surface area contributed by atoms with E-state index < -0.39 is 0 Å². The minimum atomic E-state index is -0.370. The van der Waals surface area contributed by atoms with E-state index >= 15 is 0 Å². The van der Waals surface area contributed by atoms with Crippen LogP contribution in [0.2, 0.25) is 0 Å². The first kappa shape index (κ1) is 14.9. The van der Waals surface area contributed by atoms with Crippen LogP contribution in [-0.4, -0.2) is 16.8 Å². The topological polar surface area (TPSA) is 62.3 Å². The van der Waals surface area contributed by atoms with Gasteiger partial charge in [-0.05, 0) is 24.3 Å². The number of nitrogens with one attached hydrogen (secondary N) is 1. The predicted molar refractivity (Wildman–Crippen MR) is 89.3 cm³/mol. The van der Waals surface area contributed by atoms with Gasteiger partial charge in [0.05, 0.1) is 0 Å². The molecule has 1 heterocycles. The van der Waals surface area contributed by atoms with Gasteiger partial charge in [0.15, 0.2) is 0 Å². The third-order valence-corrected chi connectivity index (χ3v) is 3.84. The zero-order valence-corrected chi connectivity index (χ0v) is 12.9. The van der Waals surface area contributed by atoms with Crippen LogP contribution in [0, 0.1) is 0 Å². The summed E-state index contributed by atoms with van der Waals surface area (Å²) < 4.78 is 0. The van der Waals surface area contributed by atoms with Gasteiger partial charge in [0.2, 0.25) is 5.13 Å². The van der Waals surface area contributed by atoms with Crippen LogP contribution >= 0.6 is 11.3 Å². The van der Waals surface area contributed by atoms with Crippen molar-refractivity contribution in [3.05, 3.63) is 83.4 Å². The van der Waals surface area contributed by atoms with E-state index in [2.05, 4.69) is 10.4 Å². The van der Waals surface area contributed by atoms with Gasteiger partial charge in [0, 0.05) is 22.7 Å². The maximum Gasteiger partial charge on any atom is 0.279 e. The fourth-order valence-electron chi connectivity index (χ4n) is 1.98. The van der Waals surface area contributed by atoms with Gasteiger partial charge < -0.3 is 0 Å². The van der Waals surface area contributed by atoms with Crippen LogP contribution in [-0.2, 0) is 0 Å². The molecule has 0 bridgehead atoms. The fourth-order valence-corrected chi connectivity index (χ4v) is 2.58. The van der Waals surface area contributed by atoms with E-state index in [0.29, 0.717) is 16.3 Å². The molecule has 2 amide bonds. The van der Waals surface area contributed by atoms with Gasteiger partial charge in [-0.2, -0.15) is 5.01 Å². The Morgan fingerprint density at radius 1 is 0.913 bits per heavy atom. The number of anilines is 1. The van der Waals surface area contributed by atoms with Gasteiger partial charge >= 0.3 is 0 Å². The lowest BCUT2D eigenvalue weighted by atomic mass is 10.2. The van der Waals surface area contributed by atoms with Gasteiger partial charge in [-0.25, -0.2) is 4.98 Å². The van der Waals surface area contributed by atoms with Crippen molar-refractivity contribution in [1.82, 2.24) is 10.4 Å². The molecule has 0 spiro atoms. The number of aromatic nitrogens is 1. The molecule has 1 N–H and O–H groups in total. The molecule has 0 radical (unpaired) electrons. The van der Waals surface area contributed by atoms with Gasteiger partial charge in [0.1, 0.15) is 0 Å². The van der Waals surface area contributed by atoms with Crippen LogP contribution in [0.1, 0.15) is 20.7 Å². The first-order chi connectivity index (χ1) is 11.3. The molecular weight excluding hydrogens is 310 g/mol. The molecule has 0 fully saturated rings. The molecular formula is C17H13N3O2S. The van der Waals surface area contributed by atoms with Crippen LogP contribution in [0.15, 0.2) is 72.2 Å². The summed E-state index contributed by atoms with van der Waals surface area (Å²) in [6.45, 7) is 0. The number of nitrogens with zero attached hydrogens (tertiary/aromatic N) is 2. The zero-order chi connectivity index (χ0) is 16.1. The first-order valence-corrected chi connectivity index (χ1v) is 7.79. The van der Waals surface area contributed by atoms with Crippen LogP contribution in [0.25, 0.3) is 0 Å². The van der Waals surface area contributed by atoms with Crippen molar-refractivity contribution in [3.8, 4) is 0 Å². The summed E-state index contributed by atoms with van der Waals surface area (Å²) in [5.74, 6) is -0.713. The van der Waals surface area contributed by atoms with Crippen LogP contribution in [0.4, 0.5) is 5.13 Å². The SMILES string of the molecule is O=C(NN(C(=O)c1ccccc1)c1nccs1)c1ccccc1. The van der Waals surface area contributed by atoms with Crippen LogP contribution in [0.3, 0.4) is 0 Å². The van der Waals surface area contributed by atoms with Crippen molar-refractivity contribution in [2.75, 3.05) is 5.01 Å². The molecule has 6 heteroatoms. The Balaban J connectivity index is 1.88. The van der Waals surface area contributed by atoms with Gasteiger partial charge in [-0.15, -0.1) is 11.3 Å². The number of carbonyl (C=O) groups is 2. The monoisotopic (exact) mass is 323 g/mol. The second-order valence-corrected chi connectivity index (χ2v) is 5.50. The highest BCUT2D eigenvalue weighted by Gasteiger charge is 2.22. The molecule has 114 valence electrons. The van der Waals surface area contributed by atoms with Crippen molar-refractivity contribution < 1.29 is 9.59 Å². The van der Waals surface area contributed by atoms with Crippen molar-refractivity contribution >= 4 is 28.3 Å². The van der Waals surface area contributed by atoms with Crippen LogP contribution in [0.5, 0.6) is 0 Å². The highest BCUT2D eigenvalue weighted by atomic mass is 32.1. The first-order valence-electron chi connectivity index (χ1n) is 6.91. The standard InChI is InChI=1S/C17H13N3O2S/c21-15(13-7-3-1-4-8-13)19-20(17-18-11-12-23-17)16(22)14-9-5-2-6-10-14/h1-12H,(H,19,21). The van der Waals surface area contributed by atoms with Crippen molar-refractivity contribution in [2.45, 2.75) is 0 Å². The summed E-state index contributed by atoms with van der Waals surface area (Å²) in [6.07, 6.45) is 1.58. The summed E-state index contributed by atoms with van der Waals surface area (Å²) in [7, 11) is 0. The lowest BCUT2D eigenvalue weighted by Crippen LogP contribution is -2.46. The maximum atomic E-state index is 12.7. The average Bonchev–Trinajstić information content (AvgIpc) is 3.15. The number of rotatable bonds is 3. The molecule has 1 aromatic heterocycles. The summed E-state index contributed by atoms with van der Waals surface area (Å²) in [5.41, 5.74) is 3.56. The largest absolute Gasteiger partial charge is 0.279 e. The molecule has 2 aromatic carbocycles. The van der Waals surface area contributed by atoms with Gasteiger partial charge in [0.25, 0.3) is 11.8 Å². The van der Waals surface area contributed by atoms with Crippen LogP contribution < -0.4 is 10.4 Å². The molecule has 0 aliphatic heterocycles. The van der Waals surface area contributed by atoms with E-state index in [9.17, 15) is 9.59 Å². The second-order valence-electron chi connectivity index (χ2n) is 4.63. The van der Waals surface area contributed by atoms with E-state index in [4.69, 9.17) is 0 Å². The number of hydrogen-bond acceptors (Lipinski definition) is 4. The molecule has 0 unspecified atom stereocenters. The number of thiazole rings is 1. The smallest absolute Gasteiger partial charge is 0.267 e. The molecule has 0 atom stereocenters. The molecule has 0 saturated heterocycles. The molecule has 3 rings (SSSR count). The maximum absolute atomic E-state index is 12.7. The molecule has 5 nitrogen and oxygen atoms in total. The van der Waals surface area contributed by atoms with Gasteiger partial charge in [-0.1, -0.05) is 36.4 Å². The Labute approximate surface area is 137 Å². The number of hydrazine groups is 1. The predicted octanol–water partition coefficient (Wildman–Crippen LogP) is 3.13. The lowest BCUT2D eigenvalue weighted by molar-refractivity contribution is 0.0887. The minimum absolute atomic E-state index is 0.343. The third kappa shape index (κ3) is 3.44. The minimum Gasteiger partial charge on any atom is -0.267 e. The highest BCUT2D eigenvalue weighted by molar-refractivity contribution is 7.13. The molecule has 23 heavy (non-hydrogen) atoms. The third-order valence-electron chi connectivity index (χ3n) is 3.08. The summed E-state index contributed by atoms with van der Waals surface area (Å²) in [6, 6.07) is 17.5. The van der Waals surface area contributed by atoms with Gasteiger partial charge in [-0.3, -0.25) is 15.0 Å². The number of hydrogen-bond donors (Lipinski definition) is 1. The Morgan fingerprint density at radius 3 is 2.09 bits per heavy atom. The summed E-state index contributed by atoms with van der Waals surface area (Å²) in [4.78, 5) is 29.2. The summed E-state index contributed by atoms with van der Waals surface area (Å²) in [5, 5.41) is 3.33. The second kappa shape index (κ2) is 6.85. The number of benzene rings is 2. The highest BCUT2D eigenvalue weighted by Crippen LogP contribution is 2.18. The molecule has 3 aromatic rings. The van der Waals surface area contributed by atoms with E-state index in [-0.39, 0.29) is 11.8 Å². The summed E-state index contributed by atoms with van der Waals surface area (Å²) >= 11 is 1.27. The zero-order valence-electron chi connectivity index (χ0n) is 12.0. The number of carbonyl (C=O) groups excluding carboxylic acids is 2. The Bertz CT molecular complexity index is 789. The van der Waals surface area contributed by atoms with Crippen molar-refractivity contribution in [3.63, 3.8) is 0 Å². The van der Waals surface area contributed by atoms with E-state index in [0.717, 1.165) is 0 Å². The average molecular weight is 323 g/mol. The molecule has 0 saturated carbocycles. The number of amides is 2. The lowest BCUT2D eigenvalue weighted by Gasteiger charge is -2.20. The van der Waals surface area contributed by atoms with E-state index in [1.165, 1.54) is 16.3 Å². The Morgan fingerprint density at radius 2 is 1.52 bits per heavy atom. The van der Waals surface area contributed by atoms with Crippen molar-refractivity contribution in [2.24, 2.45) is 0 Å². The van der Waals surface area contributed by atoms with E-state index in [1.807, 2.05) is 12.1 Å². The van der Waals surface area contributed by atoms with Crippen molar-refractivity contribution in [1.29, 1.82) is 0 Å². The molecule has 0 aliphatic rings. The molecule has 0 aliphatic carbocycles. The fraction of sp³-hybridized carbons (Fsp3) is 0. The Kier molecular flexibility index (Phi) is 4.44. The Hall–Kier alpha value is -2.99. The normalized spacial score (nSPS) is 10.1. The quantitative estimate of drug-likeness (QED) is 0.753.